The third-order valence-corrected chi connectivity index (χ3v) is 4.61. The van der Waals surface area contributed by atoms with Crippen LogP contribution in [-0.4, -0.2) is 23.0 Å². The Hall–Kier alpha value is -2.30. The van der Waals surface area contributed by atoms with Gasteiger partial charge in [0.15, 0.2) is 5.76 Å². The Morgan fingerprint density at radius 3 is 2.74 bits per heavy atom. The van der Waals surface area contributed by atoms with E-state index in [2.05, 4.69) is 5.32 Å². The molecule has 1 aliphatic rings. The van der Waals surface area contributed by atoms with Crippen LogP contribution in [0.2, 0.25) is 0 Å². The average molecular weight is 315 g/mol. The van der Waals surface area contributed by atoms with Gasteiger partial charge in [-0.25, -0.2) is 0 Å². The van der Waals surface area contributed by atoms with Crippen LogP contribution in [0.25, 0.3) is 11.0 Å². The number of para-hydroxylation sites is 1. The van der Waals surface area contributed by atoms with Crippen molar-refractivity contribution in [2.24, 2.45) is 5.92 Å². The van der Waals surface area contributed by atoms with E-state index in [1.165, 1.54) is 0 Å². The molecule has 0 bridgehead atoms. The molecule has 23 heavy (non-hydrogen) atoms. The van der Waals surface area contributed by atoms with Gasteiger partial charge in [-0.2, -0.15) is 0 Å². The van der Waals surface area contributed by atoms with Crippen molar-refractivity contribution in [3.05, 3.63) is 35.6 Å². The molecule has 1 aromatic heterocycles. The van der Waals surface area contributed by atoms with E-state index in [9.17, 15) is 14.7 Å². The topological polar surface area (TPSA) is 79.5 Å². The van der Waals surface area contributed by atoms with Gasteiger partial charge in [-0.1, -0.05) is 37.5 Å². The smallest absolute Gasteiger partial charge is 0.308 e. The molecule has 0 unspecified atom stereocenters. The molecule has 1 saturated carbocycles. The van der Waals surface area contributed by atoms with Gasteiger partial charge in [-0.3, -0.25) is 9.59 Å². The quantitative estimate of drug-likeness (QED) is 0.850. The number of carboxylic acid groups (broad SMARTS) is 1. The standard InChI is InChI=1S/C18H21NO4/c1-11-6-5-7-12-10-15(23-16(11)12)17(20)19-14-9-4-2-3-8-13(14)18(21)22/h5-7,10,13-14H,2-4,8-9H2,1H3,(H,19,20)(H,21,22)/t13-,14+/m1/s1. The first-order valence-electron chi connectivity index (χ1n) is 8.09. The molecule has 1 heterocycles. The molecular formula is C18H21NO4. The number of carboxylic acids is 1. The van der Waals surface area contributed by atoms with Crippen LogP contribution in [0.4, 0.5) is 0 Å². The van der Waals surface area contributed by atoms with E-state index in [0.29, 0.717) is 18.4 Å². The summed E-state index contributed by atoms with van der Waals surface area (Å²) in [6.07, 6.45) is 4.16. The summed E-state index contributed by atoms with van der Waals surface area (Å²) in [5.74, 6) is -1.45. The second kappa shape index (κ2) is 6.44. The van der Waals surface area contributed by atoms with Gasteiger partial charge in [0.05, 0.1) is 5.92 Å². The van der Waals surface area contributed by atoms with E-state index in [4.69, 9.17) is 4.42 Å². The highest BCUT2D eigenvalue weighted by molar-refractivity contribution is 5.97. The Kier molecular flexibility index (Phi) is 4.37. The summed E-state index contributed by atoms with van der Waals surface area (Å²) >= 11 is 0. The fourth-order valence-electron chi connectivity index (χ4n) is 3.34. The van der Waals surface area contributed by atoms with Crippen molar-refractivity contribution in [2.45, 2.75) is 45.1 Å². The molecule has 0 spiro atoms. The van der Waals surface area contributed by atoms with Crippen molar-refractivity contribution < 1.29 is 19.1 Å². The highest BCUT2D eigenvalue weighted by atomic mass is 16.4. The van der Waals surface area contributed by atoms with Gasteiger partial charge in [0.25, 0.3) is 5.91 Å². The van der Waals surface area contributed by atoms with Gasteiger partial charge >= 0.3 is 5.97 Å². The second-order valence-corrected chi connectivity index (χ2v) is 6.27. The average Bonchev–Trinajstić information content (AvgIpc) is 2.82. The number of benzene rings is 1. The number of carbonyl (C=O) groups excluding carboxylic acids is 1. The van der Waals surface area contributed by atoms with E-state index >= 15 is 0 Å². The van der Waals surface area contributed by atoms with Gasteiger partial charge in [0.1, 0.15) is 5.58 Å². The van der Waals surface area contributed by atoms with Crippen molar-refractivity contribution in [1.82, 2.24) is 5.32 Å². The number of carbonyl (C=O) groups is 2. The largest absolute Gasteiger partial charge is 0.481 e. The number of aryl methyl sites for hydroxylation is 1. The molecule has 0 aliphatic heterocycles. The molecule has 5 heteroatoms. The summed E-state index contributed by atoms with van der Waals surface area (Å²) in [6, 6.07) is 7.12. The van der Waals surface area contributed by atoms with E-state index in [-0.39, 0.29) is 17.7 Å². The van der Waals surface area contributed by atoms with Crippen LogP contribution < -0.4 is 5.32 Å². The van der Waals surface area contributed by atoms with Crippen LogP contribution in [0.3, 0.4) is 0 Å². The minimum absolute atomic E-state index is 0.239. The van der Waals surface area contributed by atoms with Crippen molar-refractivity contribution in [2.75, 3.05) is 0 Å². The zero-order chi connectivity index (χ0) is 16.4. The number of nitrogens with one attached hydrogen (secondary N) is 1. The number of fused-ring (bicyclic) bond motifs is 1. The lowest BCUT2D eigenvalue weighted by molar-refractivity contribution is -0.142. The summed E-state index contributed by atoms with van der Waals surface area (Å²) in [5, 5.41) is 13.1. The van der Waals surface area contributed by atoms with Crippen LogP contribution in [0, 0.1) is 12.8 Å². The number of aliphatic carboxylic acids is 1. The maximum atomic E-state index is 12.5. The summed E-state index contributed by atoms with van der Waals surface area (Å²) in [7, 11) is 0. The minimum atomic E-state index is -0.836. The third-order valence-electron chi connectivity index (χ3n) is 4.61. The summed E-state index contributed by atoms with van der Waals surface area (Å²) < 4.78 is 5.67. The molecular weight excluding hydrogens is 294 g/mol. The van der Waals surface area contributed by atoms with Gasteiger partial charge < -0.3 is 14.8 Å². The Labute approximate surface area is 134 Å². The van der Waals surface area contributed by atoms with Crippen LogP contribution >= 0.6 is 0 Å². The SMILES string of the molecule is Cc1cccc2cc(C(=O)N[C@H]3CCCCC[C@H]3C(=O)O)oc12. The molecule has 3 rings (SSSR count). The molecule has 0 radical (unpaired) electrons. The zero-order valence-corrected chi connectivity index (χ0v) is 13.2. The van der Waals surface area contributed by atoms with Gasteiger partial charge in [-0.15, -0.1) is 0 Å². The maximum absolute atomic E-state index is 12.5. The van der Waals surface area contributed by atoms with Crippen LogP contribution in [-0.2, 0) is 4.79 Å². The lowest BCUT2D eigenvalue weighted by atomic mass is 9.95. The monoisotopic (exact) mass is 315 g/mol. The first-order valence-corrected chi connectivity index (χ1v) is 8.09. The molecule has 1 aliphatic carbocycles. The highest BCUT2D eigenvalue weighted by Crippen LogP contribution is 2.26. The second-order valence-electron chi connectivity index (χ2n) is 6.27. The summed E-state index contributed by atoms with van der Waals surface area (Å²) in [4.78, 5) is 23.9. The Bertz CT molecular complexity index is 734. The molecule has 2 aromatic rings. The zero-order valence-electron chi connectivity index (χ0n) is 13.2. The van der Waals surface area contributed by atoms with Crippen molar-refractivity contribution in [3.63, 3.8) is 0 Å². The lowest BCUT2D eigenvalue weighted by Gasteiger charge is -2.22. The summed E-state index contributed by atoms with van der Waals surface area (Å²) in [5.41, 5.74) is 1.67. The molecule has 0 saturated heterocycles. The molecule has 5 nitrogen and oxygen atoms in total. The third kappa shape index (κ3) is 3.23. The minimum Gasteiger partial charge on any atom is -0.481 e. The van der Waals surface area contributed by atoms with Gasteiger partial charge in [0.2, 0.25) is 0 Å². The highest BCUT2D eigenvalue weighted by Gasteiger charge is 2.31. The summed E-state index contributed by atoms with van der Waals surface area (Å²) in [6.45, 7) is 1.93. The van der Waals surface area contributed by atoms with Crippen LogP contribution in [0.5, 0.6) is 0 Å². The number of amides is 1. The number of hydrogen-bond donors (Lipinski definition) is 2. The first kappa shape index (κ1) is 15.6. The fraction of sp³-hybridized carbons (Fsp3) is 0.444. The molecule has 2 atom stereocenters. The Balaban J connectivity index is 1.81. The van der Waals surface area contributed by atoms with Gasteiger partial charge in [0, 0.05) is 11.4 Å². The number of furan rings is 1. The van der Waals surface area contributed by atoms with E-state index in [1.807, 2.05) is 25.1 Å². The van der Waals surface area contributed by atoms with E-state index in [0.717, 1.165) is 30.2 Å². The van der Waals surface area contributed by atoms with Crippen molar-refractivity contribution in [1.29, 1.82) is 0 Å². The molecule has 2 N–H and O–H groups in total. The Morgan fingerprint density at radius 2 is 2.00 bits per heavy atom. The van der Waals surface area contributed by atoms with Crippen LogP contribution in [0.15, 0.2) is 28.7 Å². The van der Waals surface area contributed by atoms with Gasteiger partial charge in [-0.05, 0) is 31.4 Å². The molecule has 1 amide bonds. The van der Waals surface area contributed by atoms with E-state index < -0.39 is 11.9 Å². The predicted octanol–water partition coefficient (Wildman–Crippen LogP) is 3.50. The molecule has 122 valence electrons. The van der Waals surface area contributed by atoms with Crippen LogP contribution in [0.1, 0.15) is 48.2 Å². The number of hydrogen-bond acceptors (Lipinski definition) is 3. The van der Waals surface area contributed by atoms with E-state index in [1.54, 1.807) is 6.07 Å². The Morgan fingerprint density at radius 1 is 1.22 bits per heavy atom. The van der Waals surface area contributed by atoms with Crippen molar-refractivity contribution >= 4 is 22.8 Å². The number of rotatable bonds is 3. The lowest BCUT2D eigenvalue weighted by Crippen LogP contribution is -2.42. The first-order chi connectivity index (χ1) is 11.1. The normalized spacial score (nSPS) is 21.8. The fourth-order valence-corrected chi connectivity index (χ4v) is 3.34. The predicted molar refractivity (Wildman–Crippen MR) is 86.4 cm³/mol. The van der Waals surface area contributed by atoms with Crippen molar-refractivity contribution in [3.8, 4) is 0 Å². The molecule has 1 fully saturated rings. The maximum Gasteiger partial charge on any atom is 0.308 e. The molecule has 1 aromatic carbocycles.